The van der Waals surface area contributed by atoms with E-state index in [2.05, 4.69) is 10.4 Å². The van der Waals surface area contributed by atoms with Crippen molar-refractivity contribution >= 4 is 23.5 Å². The van der Waals surface area contributed by atoms with Crippen molar-refractivity contribution in [3.05, 3.63) is 40.3 Å². The monoisotopic (exact) mass is 391 g/mol. The van der Waals surface area contributed by atoms with Gasteiger partial charge < -0.3 is 16.0 Å². The molecular formula is C18H19ClFN5O2. The van der Waals surface area contributed by atoms with E-state index in [1.165, 1.54) is 18.2 Å². The number of amides is 3. The summed E-state index contributed by atoms with van der Waals surface area (Å²) in [5, 5.41) is 7.41. The molecule has 0 saturated heterocycles. The Labute approximate surface area is 160 Å². The van der Waals surface area contributed by atoms with E-state index < -0.39 is 11.7 Å². The van der Waals surface area contributed by atoms with E-state index in [4.69, 9.17) is 17.3 Å². The van der Waals surface area contributed by atoms with Crippen molar-refractivity contribution in [2.24, 2.45) is 5.73 Å². The molecular weight excluding hydrogens is 373 g/mol. The minimum atomic E-state index is -0.645. The lowest BCUT2D eigenvalue weighted by molar-refractivity contribution is 0.0997. The van der Waals surface area contributed by atoms with E-state index in [0.717, 1.165) is 19.3 Å². The van der Waals surface area contributed by atoms with Crippen LogP contribution in [0.3, 0.4) is 0 Å². The highest BCUT2D eigenvalue weighted by molar-refractivity contribution is 6.31. The third kappa shape index (κ3) is 3.25. The van der Waals surface area contributed by atoms with E-state index in [0.29, 0.717) is 30.0 Å². The summed E-state index contributed by atoms with van der Waals surface area (Å²) in [5.41, 5.74) is 7.26. The number of fused-ring (bicyclic) bond motifs is 1. The van der Waals surface area contributed by atoms with Gasteiger partial charge in [0.25, 0.3) is 5.91 Å². The van der Waals surface area contributed by atoms with Crippen LogP contribution in [0.25, 0.3) is 11.3 Å². The second-order valence-corrected chi connectivity index (χ2v) is 7.29. The largest absolute Gasteiger partial charge is 0.365 e. The van der Waals surface area contributed by atoms with Gasteiger partial charge in [0.2, 0.25) is 0 Å². The summed E-state index contributed by atoms with van der Waals surface area (Å²) >= 11 is 5.87. The zero-order valence-corrected chi connectivity index (χ0v) is 15.3. The maximum Gasteiger partial charge on any atom is 0.318 e. The van der Waals surface area contributed by atoms with Gasteiger partial charge in [-0.2, -0.15) is 5.10 Å². The number of carbonyl (C=O) groups is 2. The number of primary amides is 1. The van der Waals surface area contributed by atoms with Crippen molar-refractivity contribution in [1.29, 1.82) is 0 Å². The molecule has 142 valence electrons. The smallest absolute Gasteiger partial charge is 0.318 e. The van der Waals surface area contributed by atoms with Crippen molar-refractivity contribution in [3.8, 4) is 11.3 Å². The minimum Gasteiger partial charge on any atom is -0.365 e. The van der Waals surface area contributed by atoms with Gasteiger partial charge in [0, 0.05) is 18.2 Å². The summed E-state index contributed by atoms with van der Waals surface area (Å²) in [6.45, 7) is 1.16. The highest BCUT2D eigenvalue weighted by Gasteiger charge is 2.31. The van der Waals surface area contributed by atoms with E-state index in [1.54, 1.807) is 9.58 Å². The number of nitrogens with two attached hydrogens (primary N) is 1. The molecule has 1 fully saturated rings. The molecule has 0 radical (unpaired) electrons. The average Bonchev–Trinajstić information content (AvgIpc) is 2.99. The Balaban J connectivity index is 1.66. The predicted octanol–water partition coefficient (Wildman–Crippen LogP) is 2.52. The number of nitrogens with zero attached hydrogens (tertiary/aromatic N) is 3. The van der Waals surface area contributed by atoms with Crippen LogP contribution in [0.5, 0.6) is 0 Å². The van der Waals surface area contributed by atoms with Crippen molar-refractivity contribution in [3.63, 3.8) is 0 Å². The van der Waals surface area contributed by atoms with Crippen LogP contribution in [0.15, 0.2) is 18.2 Å². The van der Waals surface area contributed by atoms with Crippen LogP contribution in [0.1, 0.15) is 35.3 Å². The molecule has 0 unspecified atom stereocenters. The van der Waals surface area contributed by atoms with Crippen LogP contribution in [-0.2, 0) is 13.1 Å². The van der Waals surface area contributed by atoms with Gasteiger partial charge >= 0.3 is 6.03 Å². The van der Waals surface area contributed by atoms with Gasteiger partial charge in [-0.1, -0.05) is 11.6 Å². The molecule has 1 aliphatic heterocycles. The molecule has 2 aromatic rings. The molecule has 2 aliphatic rings. The Morgan fingerprint density at radius 3 is 2.70 bits per heavy atom. The fourth-order valence-electron chi connectivity index (χ4n) is 3.41. The van der Waals surface area contributed by atoms with Crippen molar-refractivity contribution in [2.45, 2.75) is 38.4 Å². The van der Waals surface area contributed by atoms with Gasteiger partial charge in [-0.05, 0) is 37.5 Å². The molecule has 9 heteroatoms. The second kappa shape index (κ2) is 6.84. The van der Waals surface area contributed by atoms with Crippen LogP contribution in [-0.4, -0.2) is 39.2 Å². The number of aromatic nitrogens is 2. The molecule has 1 aromatic carbocycles. The Hall–Kier alpha value is -2.61. The molecule has 1 aliphatic carbocycles. The fourth-order valence-corrected chi connectivity index (χ4v) is 3.59. The molecule has 3 N–H and O–H groups in total. The van der Waals surface area contributed by atoms with Crippen LogP contribution >= 0.6 is 11.6 Å². The van der Waals surface area contributed by atoms with Gasteiger partial charge in [0.05, 0.1) is 29.4 Å². The van der Waals surface area contributed by atoms with Crippen LogP contribution < -0.4 is 11.1 Å². The topological polar surface area (TPSA) is 93.2 Å². The molecule has 0 spiro atoms. The summed E-state index contributed by atoms with van der Waals surface area (Å²) in [4.78, 5) is 26.2. The normalized spacial score (nSPS) is 16.6. The summed E-state index contributed by atoms with van der Waals surface area (Å²) in [6.07, 6.45) is 3.13. The van der Waals surface area contributed by atoms with Gasteiger partial charge in [0.1, 0.15) is 11.5 Å². The van der Waals surface area contributed by atoms with Crippen molar-refractivity contribution < 1.29 is 14.0 Å². The maximum absolute atomic E-state index is 13.5. The Morgan fingerprint density at radius 1 is 1.30 bits per heavy atom. The first-order chi connectivity index (χ1) is 12.9. The predicted molar refractivity (Wildman–Crippen MR) is 97.7 cm³/mol. The minimum absolute atomic E-state index is 0.0598. The number of carbonyl (C=O) groups excluding carboxylic acids is 2. The van der Waals surface area contributed by atoms with Gasteiger partial charge in [-0.25, -0.2) is 9.18 Å². The average molecular weight is 392 g/mol. The van der Waals surface area contributed by atoms with Gasteiger partial charge in [0.15, 0.2) is 0 Å². The number of urea groups is 1. The first kappa shape index (κ1) is 17.8. The molecule has 7 nitrogen and oxygen atoms in total. The quantitative estimate of drug-likeness (QED) is 0.841. The van der Waals surface area contributed by atoms with E-state index in [-0.39, 0.29) is 29.2 Å². The maximum atomic E-state index is 13.5. The lowest BCUT2D eigenvalue weighted by Crippen LogP contribution is -2.49. The molecule has 3 amide bonds. The number of rotatable bonds is 3. The van der Waals surface area contributed by atoms with Gasteiger partial charge in [-0.15, -0.1) is 0 Å². The fraction of sp³-hybridized carbons (Fsp3) is 0.389. The van der Waals surface area contributed by atoms with Crippen LogP contribution in [0.2, 0.25) is 5.02 Å². The Kier molecular flexibility index (Phi) is 4.51. The van der Waals surface area contributed by atoms with E-state index in [1.807, 2.05) is 0 Å². The SMILES string of the molecule is NC(=O)c1c(-c2ccc(F)c(Cl)c2)nn2c1CN(C(=O)NC1CCC1)CC2. The zero-order chi connectivity index (χ0) is 19.1. The van der Waals surface area contributed by atoms with Gasteiger partial charge in [-0.3, -0.25) is 9.48 Å². The first-order valence-corrected chi connectivity index (χ1v) is 9.22. The highest BCUT2D eigenvalue weighted by atomic mass is 35.5. The number of hydrogen-bond acceptors (Lipinski definition) is 3. The summed E-state index contributed by atoms with van der Waals surface area (Å²) in [7, 11) is 0. The number of halogens is 2. The summed E-state index contributed by atoms with van der Waals surface area (Å²) < 4.78 is 15.2. The summed E-state index contributed by atoms with van der Waals surface area (Å²) in [6, 6.07) is 4.23. The molecule has 4 rings (SSSR count). The first-order valence-electron chi connectivity index (χ1n) is 8.84. The Morgan fingerprint density at radius 2 is 2.07 bits per heavy atom. The lowest BCUT2D eigenvalue weighted by atomic mass is 9.93. The molecule has 1 aromatic heterocycles. The van der Waals surface area contributed by atoms with E-state index >= 15 is 0 Å². The third-order valence-corrected chi connectivity index (χ3v) is 5.43. The number of benzene rings is 1. The zero-order valence-electron chi connectivity index (χ0n) is 14.5. The summed E-state index contributed by atoms with van der Waals surface area (Å²) in [5.74, 6) is -1.20. The third-order valence-electron chi connectivity index (χ3n) is 5.14. The molecule has 27 heavy (non-hydrogen) atoms. The van der Waals surface area contributed by atoms with E-state index in [9.17, 15) is 14.0 Å². The van der Waals surface area contributed by atoms with Crippen molar-refractivity contribution in [2.75, 3.05) is 6.54 Å². The molecule has 2 heterocycles. The van der Waals surface area contributed by atoms with Crippen LogP contribution in [0.4, 0.5) is 9.18 Å². The number of hydrogen-bond donors (Lipinski definition) is 2. The highest BCUT2D eigenvalue weighted by Crippen LogP contribution is 2.30. The van der Waals surface area contributed by atoms with Crippen LogP contribution in [0, 0.1) is 5.82 Å². The Bertz CT molecular complexity index is 925. The lowest BCUT2D eigenvalue weighted by Gasteiger charge is -2.32. The number of nitrogens with one attached hydrogen (secondary N) is 1. The molecule has 1 saturated carbocycles. The standard InChI is InChI=1S/C18H19ClFN5O2/c19-12-8-10(4-5-13(12)20)16-15(17(21)26)14-9-24(6-7-25(14)23-16)18(27)22-11-2-1-3-11/h4-5,8,11H,1-3,6-7,9H2,(H2,21,26)(H,22,27). The van der Waals surface area contributed by atoms with Crippen molar-refractivity contribution in [1.82, 2.24) is 20.0 Å². The molecule has 0 atom stereocenters. The second-order valence-electron chi connectivity index (χ2n) is 6.89. The molecule has 0 bridgehead atoms.